The lowest BCUT2D eigenvalue weighted by Crippen LogP contribution is -2.50. The lowest BCUT2D eigenvalue weighted by Gasteiger charge is -2.35. The Kier molecular flexibility index (Phi) is 4.29. The summed E-state index contributed by atoms with van der Waals surface area (Å²) in [6.07, 6.45) is 1.02. The fraction of sp³-hybridized carbons (Fsp3) is 1.00. The maximum Gasteiger partial charge on any atom is 0.200 e. The predicted octanol–water partition coefficient (Wildman–Crippen LogP) is 0.780. The SMILES string of the molecule is COCC1CN(C2OC2OC(C)(C)C)CCC1N. The van der Waals surface area contributed by atoms with Gasteiger partial charge in [0.15, 0.2) is 12.5 Å². The van der Waals surface area contributed by atoms with Gasteiger partial charge in [0, 0.05) is 32.2 Å². The fourth-order valence-corrected chi connectivity index (χ4v) is 2.48. The Morgan fingerprint density at radius 2 is 2.11 bits per heavy atom. The van der Waals surface area contributed by atoms with Gasteiger partial charge in [-0.15, -0.1) is 0 Å². The normalized spacial score (nSPS) is 37.8. The van der Waals surface area contributed by atoms with E-state index in [2.05, 4.69) is 4.90 Å². The van der Waals surface area contributed by atoms with Crippen molar-refractivity contribution in [3.05, 3.63) is 0 Å². The van der Waals surface area contributed by atoms with Crippen molar-refractivity contribution < 1.29 is 14.2 Å². The molecule has 4 unspecified atom stereocenters. The second-order valence-electron chi connectivity index (χ2n) is 6.29. The number of epoxide rings is 1. The summed E-state index contributed by atoms with van der Waals surface area (Å²) in [5, 5.41) is 0. The van der Waals surface area contributed by atoms with Gasteiger partial charge in [0.05, 0.1) is 12.2 Å². The zero-order valence-corrected chi connectivity index (χ0v) is 11.9. The van der Waals surface area contributed by atoms with Crippen molar-refractivity contribution in [1.82, 2.24) is 4.90 Å². The zero-order chi connectivity index (χ0) is 13.3. The molecule has 2 fully saturated rings. The van der Waals surface area contributed by atoms with Gasteiger partial charge in [-0.3, -0.25) is 4.90 Å². The molecule has 2 aliphatic rings. The summed E-state index contributed by atoms with van der Waals surface area (Å²) in [4.78, 5) is 2.32. The quantitative estimate of drug-likeness (QED) is 0.755. The number of likely N-dealkylation sites (tertiary alicyclic amines) is 1. The molecule has 0 saturated carbocycles. The Morgan fingerprint density at radius 1 is 1.39 bits per heavy atom. The first kappa shape index (κ1) is 14.2. The van der Waals surface area contributed by atoms with Crippen LogP contribution < -0.4 is 5.73 Å². The van der Waals surface area contributed by atoms with E-state index in [1.165, 1.54) is 0 Å². The number of nitrogens with zero attached hydrogens (tertiary/aromatic N) is 1. The van der Waals surface area contributed by atoms with Crippen LogP contribution in [0.15, 0.2) is 0 Å². The lowest BCUT2D eigenvalue weighted by atomic mass is 9.93. The third-order valence-electron chi connectivity index (χ3n) is 3.46. The van der Waals surface area contributed by atoms with Crippen molar-refractivity contribution in [3.63, 3.8) is 0 Å². The standard InChI is InChI=1S/C13H26N2O3/c1-13(2,3)18-12-11(17-12)15-6-5-10(14)9(7-15)8-16-4/h9-12H,5-8,14H2,1-4H3. The number of hydrogen-bond acceptors (Lipinski definition) is 5. The van der Waals surface area contributed by atoms with E-state index in [1.54, 1.807) is 7.11 Å². The number of methoxy groups -OCH3 is 1. The minimum atomic E-state index is -0.155. The second-order valence-corrected chi connectivity index (χ2v) is 6.29. The van der Waals surface area contributed by atoms with Crippen molar-refractivity contribution in [1.29, 1.82) is 0 Å². The van der Waals surface area contributed by atoms with Crippen LogP contribution in [-0.2, 0) is 14.2 Å². The number of hydrogen-bond donors (Lipinski definition) is 1. The molecular formula is C13H26N2O3. The highest BCUT2D eigenvalue weighted by Gasteiger charge is 2.48. The highest BCUT2D eigenvalue weighted by atomic mass is 16.8. The van der Waals surface area contributed by atoms with Gasteiger partial charge >= 0.3 is 0 Å². The fourth-order valence-electron chi connectivity index (χ4n) is 2.48. The monoisotopic (exact) mass is 258 g/mol. The molecule has 4 atom stereocenters. The maximum absolute atomic E-state index is 6.11. The Morgan fingerprint density at radius 3 is 2.72 bits per heavy atom. The van der Waals surface area contributed by atoms with E-state index in [1.807, 2.05) is 20.8 Å². The van der Waals surface area contributed by atoms with Crippen LogP contribution in [0.1, 0.15) is 27.2 Å². The van der Waals surface area contributed by atoms with Crippen LogP contribution in [0.25, 0.3) is 0 Å². The van der Waals surface area contributed by atoms with E-state index in [4.69, 9.17) is 19.9 Å². The van der Waals surface area contributed by atoms with Crippen LogP contribution in [0.4, 0.5) is 0 Å². The minimum absolute atomic E-state index is 0.0810. The molecule has 2 saturated heterocycles. The van der Waals surface area contributed by atoms with Crippen LogP contribution in [0.5, 0.6) is 0 Å². The molecule has 0 aromatic heterocycles. The molecule has 18 heavy (non-hydrogen) atoms. The summed E-state index contributed by atoms with van der Waals surface area (Å²) in [5.41, 5.74) is 5.95. The Labute approximate surface area is 110 Å². The number of rotatable bonds is 4. The second kappa shape index (κ2) is 5.43. The van der Waals surface area contributed by atoms with Crippen LogP contribution in [0, 0.1) is 5.92 Å². The van der Waals surface area contributed by atoms with E-state index >= 15 is 0 Å². The predicted molar refractivity (Wildman–Crippen MR) is 69.0 cm³/mol. The molecule has 0 spiro atoms. The molecule has 2 N–H and O–H groups in total. The number of nitrogens with two attached hydrogens (primary N) is 1. The Bertz CT molecular complexity index is 280. The van der Waals surface area contributed by atoms with Crippen LogP contribution >= 0.6 is 0 Å². The minimum Gasteiger partial charge on any atom is -0.384 e. The molecule has 0 aromatic carbocycles. The first-order valence-electron chi connectivity index (χ1n) is 6.72. The highest BCUT2D eigenvalue weighted by Crippen LogP contribution is 2.33. The Balaban J connectivity index is 1.81. The topological polar surface area (TPSA) is 60.2 Å². The number of ether oxygens (including phenoxy) is 3. The van der Waals surface area contributed by atoms with Gasteiger partial charge in [-0.25, -0.2) is 0 Å². The van der Waals surface area contributed by atoms with Crippen LogP contribution in [0.2, 0.25) is 0 Å². The Hall–Kier alpha value is -0.200. The third-order valence-corrected chi connectivity index (χ3v) is 3.46. The summed E-state index contributed by atoms with van der Waals surface area (Å²) >= 11 is 0. The van der Waals surface area contributed by atoms with Crippen molar-refractivity contribution in [2.45, 2.75) is 51.4 Å². The first-order valence-corrected chi connectivity index (χ1v) is 6.72. The molecule has 2 heterocycles. The zero-order valence-electron chi connectivity index (χ0n) is 11.9. The van der Waals surface area contributed by atoms with E-state index in [-0.39, 0.29) is 24.2 Å². The molecular weight excluding hydrogens is 232 g/mol. The van der Waals surface area contributed by atoms with Crippen molar-refractivity contribution >= 4 is 0 Å². The summed E-state index contributed by atoms with van der Waals surface area (Å²) in [6.45, 7) is 8.78. The highest BCUT2D eigenvalue weighted by molar-refractivity contribution is 4.89. The van der Waals surface area contributed by atoms with Gasteiger partial charge in [0.1, 0.15) is 0 Å². The maximum atomic E-state index is 6.11. The smallest absolute Gasteiger partial charge is 0.200 e. The molecule has 106 valence electrons. The van der Waals surface area contributed by atoms with Gasteiger partial charge in [-0.2, -0.15) is 0 Å². The largest absolute Gasteiger partial charge is 0.384 e. The average Bonchev–Trinajstić information content (AvgIpc) is 2.98. The summed E-state index contributed by atoms with van der Waals surface area (Å²) in [5.74, 6) is 0.392. The lowest BCUT2D eigenvalue weighted by molar-refractivity contribution is -0.0581. The molecule has 0 aliphatic carbocycles. The molecule has 0 radical (unpaired) electrons. The molecule has 5 heteroatoms. The van der Waals surface area contributed by atoms with E-state index in [0.29, 0.717) is 5.92 Å². The van der Waals surface area contributed by atoms with Gasteiger partial charge in [0.2, 0.25) is 0 Å². The molecule has 2 aliphatic heterocycles. The number of piperidine rings is 1. The van der Waals surface area contributed by atoms with Gasteiger partial charge in [-0.1, -0.05) is 0 Å². The average molecular weight is 258 g/mol. The van der Waals surface area contributed by atoms with Crippen LogP contribution in [-0.4, -0.2) is 55.9 Å². The van der Waals surface area contributed by atoms with Crippen molar-refractivity contribution in [2.75, 3.05) is 26.8 Å². The summed E-state index contributed by atoms with van der Waals surface area (Å²) < 4.78 is 16.7. The molecule has 5 nitrogen and oxygen atoms in total. The summed E-state index contributed by atoms with van der Waals surface area (Å²) in [7, 11) is 1.73. The van der Waals surface area contributed by atoms with Gasteiger partial charge < -0.3 is 19.9 Å². The van der Waals surface area contributed by atoms with Crippen LogP contribution in [0.3, 0.4) is 0 Å². The third kappa shape index (κ3) is 3.65. The molecule has 2 rings (SSSR count). The molecule has 0 bridgehead atoms. The molecule has 0 amide bonds. The van der Waals surface area contributed by atoms with Gasteiger partial charge in [-0.05, 0) is 27.2 Å². The van der Waals surface area contributed by atoms with Crippen molar-refractivity contribution in [2.24, 2.45) is 11.7 Å². The first-order chi connectivity index (χ1) is 8.40. The van der Waals surface area contributed by atoms with E-state index < -0.39 is 0 Å². The van der Waals surface area contributed by atoms with Crippen molar-refractivity contribution in [3.8, 4) is 0 Å². The van der Waals surface area contributed by atoms with E-state index in [0.717, 1.165) is 26.1 Å². The molecule has 0 aromatic rings. The van der Waals surface area contributed by atoms with E-state index in [9.17, 15) is 0 Å². The summed E-state index contributed by atoms with van der Waals surface area (Å²) in [6, 6.07) is 0.238. The van der Waals surface area contributed by atoms with Gasteiger partial charge in [0.25, 0.3) is 0 Å².